The molecule has 1 amide bonds. The molecule has 0 unspecified atom stereocenters. The highest BCUT2D eigenvalue weighted by Gasteiger charge is 2.19. The molecule has 0 fully saturated rings. The fourth-order valence-corrected chi connectivity index (χ4v) is 2.81. The van der Waals surface area contributed by atoms with E-state index in [1.807, 2.05) is 42.5 Å². The highest BCUT2D eigenvalue weighted by Crippen LogP contribution is 2.26. The number of hydrogen-bond acceptors (Lipinski definition) is 4. The zero-order chi connectivity index (χ0) is 16.8. The van der Waals surface area contributed by atoms with Crippen LogP contribution in [0, 0.1) is 5.92 Å². The Labute approximate surface area is 142 Å². The van der Waals surface area contributed by atoms with E-state index >= 15 is 0 Å². The molecule has 0 aromatic heterocycles. The van der Waals surface area contributed by atoms with Gasteiger partial charge in [-0.05, 0) is 30.2 Å². The molecule has 0 aliphatic carbocycles. The zero-order valence-corrected chi connectivity index (χ0v) is 13.7. The van der Waals surface area contributed by atoms with E-state index in [1.165, 1.54) is 5.56 Å². The molecule has 0 saturated heterocycles. The number of hydrogen-bond donors (Lipinski definition) is 2. The first-order chi connectivity index (χ1) is 11.8. The Balaban J connectivity index is 1.45. The Morgan fingerprint density at radius 2 is 2.00 bits per heavy atom. The molecule has 1 heterocycles. The number of carbonyl (C=O) groups excluding carboxylic acids is 1. The van der Waals surface area contributed by atoms with Crippen LogP contribution in [0.4, 0.5) is 5.69 Å². The Bertz CT molecular complexity index is 703. The van der Waals surface area contributed by atoms with Crippen LogP contribution >= 0.6 is 0 Å². The predicted molar refractivity (Wildman–Crippen MR) is 93.6 cm³/mol. The van der Waals surface area contributed by atoms with Crippen LogP contribution in [-0.2, 0) is 11.2 Å². The first-order valence-electron chi connectivity index (χ1n) is 8.10. The summed E-state index contributed by atoms with van der Waals surface area (Å²) < 4.78 is 11.0. The van der Waals surface area contributed by atoms with Crippen LogP contribution in [0.1, 0.15) is 5.56 Å². The number of fused-ring (bicyclic) bond motifs is 1. The maximum absolute atomic E-state index is 12.0. The summed E-state index contributed by atoms with van der Waals surface area (Å²) in [7, 11) is 1.61. The number of amides is 1. The molecule has 2 aromatic carbocycles. The molecule has 1 atom stereocenters. The molecule has 24 heavy (non-hydrogen) atoms. The van der Waals surface area contributed by atoms with Crippen molar-refractivity contribution < 1.29 is 14.3 Å². The lowest BCUT2D eigenvalue weighted by atomic mass is 9.97. The van der Waals surface area contributed by atoms with Crippen LogP contribution < -0.4 is 20.1 Å². The van der Waals surface area contributed by atoms with Crippen LogP contribution in [0.25, 0.3) is 0 Å². The largest absolute Gasteiger partial charge is 0.495 e. The lowest BCUT2D eigenvalue weighted by Gasteiger charge is -2.25. The molecule has 0 saturated carbocycles. The van der Waals surface area contributed by atoms with Crippen LogP contribution in [0.2, 0.25) is 0 Å². The number of para-hydroxylation sites is 3. The van der Waals surface area contributed by atoms with Gasteiger partial charge in [-0.2, -0.15) is 0 Å². The minimum Gasteiger partial charge on any atom is -0.495 e. The van der Waals surface area contributed by atoms with Gasteiger partial charge in [-0.1, -0.05) is 30.3 Å². The molecular weight excluding hydrogens is 304 g/mol. The third-order valence-electron chi connectivity index (χ3n) is 4.09. The number of methoxy groups -OCH3 is 1. The van der Waals surface area contributed by atoms with Crippen LogP contribution in [0.5, 0.6) is 11.5 Å². The standard InChI is InChI=1S/C19H22N2O3/c1-23-18-9-5-3-7-16(18)20-12-19(22)21-11-14-10-15-6-2-4-8-17(15)24-13-14/h2-9,14,20H,10-13H2,1H3,(H,21,22)/t14-/m0/s1. The Hall–Kier alpha value is -2.69. The van der Waals surface area contributed by atoms with Crippen molar-refractivity contribution in [1.29, 1.82) is 0 Å². The second-order valence-electron chi connectivity index (χ2n) is 5.85. The van der Waals surface area contributed by atoms with E-state index in [4.69, 9.17) is 9.47 Å². The molecule has 0 radical (unpaired) electrons. The van der Waals surface area contributed by atoms with Crippen molar-refractivity contribution in [2.24, 2.45) is 5.92 Å². The van der Waals surface area contributed by atoms with Gasteiger partial charge in [0.05, 0.1) is 25.9 Å². The average molecular weight is 326 g/mol. The van der Waals surface area contributed by atoms with Crippen molar-refractivity contribution in [3.05, 3.63) is 54.1 Å². The Kier molecular flexibility index (Phi) is 5.21. The van der Waals surface area contributed by atoms with Gasteiger partial charge in [-0.3, -0.25) is 4.79 Å². The first kappa shape index (κ1) is 16.2. The summed E-state index contributed by atoms with van der Waals surface area (Å²) in [5, 5.41) is 6.07. The van der Waals surface area contributed by atoms with E-state index in [9.17, 15) is 4.79 Å². The predicted octanol–water partition coefficient (Wildman–Crippen LogP) is 2.47. The molecule has 1 aliphatic heterocycles. The smallest absolute Gasteiger partial charge is 0.239 e. The molecule has 126 valence electrons. The molecule has 5 nitrogen and oxygen atoms in total. The van der Waals surface area contributed by atoms with Gasteiger partial charge in [-0.15, -0.1) is 0 Å². The third kappa shape index (κ3) is 3.98. The van der Waals surface area contributed by atoms with Crippen molar-refractivity contribution >= 4 is 11.6 Å². The van der Waals surface area contributed by atoms with Gasteiger partial charge in [0.25, 0.3) is 0 Å². The fraction of sp³-hybridized carbons (Fsp3) is 0.316. The van der Waals surface area contributed by atoms with Gasteiger partial charge >= 0.3 is 0 Å². The van der Waals surface area contributed by atoms with Crippen LogP contribution in [-0.4, -0.2) is 32.7 Å². The summed E-state index contributed by atoms with van der Waals surface area (Å²) in [4.78, 5) is 12.0. The van der Waals surface area contributed by atoms with E-state index in [0.717, 1.165) is 23.6 Å². The van der Waals surface area contributed by atoms with Gasteiger partial charge in [0.2, 0.25) is 5.91 Å². The van der Waals surface area contributed by atoms with E-state index in [1.54, 1.807) is 7.11 Å². The molecule has 2 N–H and O–H groups in total. The van der Waals surface area contributed by atoms with Crippen molar-refractivity contribution in [3.8, 4) is 11.5 Å². The molecule has 2 aromatic rings. The van der Waals surface area contributed by atoms with Gasteiger partial charge in [0.1, 0.15) is 11.5 Å². The van der Waals surface area contributed by atoms with Crippen molar-refractivity contribution in [2.45, 2.75) is 6.42 Å². The van der Waals surface area contributed by atoms with Crippen molar-refractivity contribution in [3.63, 3.8) is 0 Å². The molecule has 0 spiro atoms. The van der Waals surface area contributed by atoms with Gasteiger partial charge in [0.15, 0.2) is 0 Å². The van der Waals surface area contributed by atoms with Crippen molar-refractivity contribution in [1.82, 2.24) is 5.32 Å². The number of ether oxygens (including phenoxy) is 2. The Morgan fingerprint density at radius 3 is 2.88 bits per heavy atom. The maximum Gasteiger partial charge on any atom is 0.239 e. The normalized spacial score (nSPS) is 15.8. The van der Waals surface area contributed by atoms with E-state index in [2.05, 4.69) is 16.7 Å². The summed E-state index contributed by atoms with van der Waals surface area (Å²) in [5.41, 5.74) is 2.01. The van der Waals surface area contributed by atoms with Crippen LogP contribution in [0.15, 0.2) is 48.5 Å². The summed E-state index contributed by atoms with van der Waals surface area (Å²) in [6.45, 7) is 1.46. The second-order valence-corrected chi connectivity index (χ2v) is 5.85. The molecular formula is C19H22N2O3. The van der Waals surface area contributed by atoms with Crippen LogP contribution in [0.3, 0.4) is 0 Å². The molecule has 0 bridgehead atoms. The van der Waals surface area contributed by atoms with E-state index in [0.29, 0.717) is 19.1 Å². The lowest BCUT2D eigenvalue weighted by molar-refractivity contribution is -0.119. The first-order valence-corrected chi connectivity index (χ1v) is 8.10. The minimum absolute atomic E-state index is 0.0419. The Morgan fingerprint density at radius 1 is 1.21 bits per heavy atom. The summed E-state index contributed by atoms with van der Waals surface area (Å²) in [6, 6.07) is 15.6. The quantitative estimate of drug-likeness (QED) is 0.856. The number of benzene rings is 2. The fourth-order valence-electron chi connectivity index (χ4n) is 2.81. The molecule has 3 rings (SSSR count). The molecule has 1 aliphatic rings. The highest BCUT2D eigenvalue weighted by atomic mass is 16.5. The summed E-state index contributed by atoms with van der Waals surface area (Å²) >= 11 is 0. The summed E-state index contributed by atoms with van der Waals surface area (Å²) in [5.74, 6) is 1.94. The van der Waals surface area contributed by atoms with Gasteiger partial charge < -0.3 is 20.1 Å². The van der Waals surface area contributed by atoms with Crippen molar-refractivity contribution in [2.75, 3.05) is 32.1 Å². The van der Waals surface area contributed by atoms with Gasteiger partial charge in [-0.25, -0.2) is 0 Å². The third-order valence-corrected chi connectivity index (χ3v) is 4.09. The topological polar surface area (TPSA) is 59.6 Å². The van der Waals surface area contributed by atoms with Gasteiger partial charge in [0, 0.05) is 12.5 Å². The highest BCUT2D eigenvalue weighted by molar-refractivity contribution is 5.81. The maximum atomic E-state index is 12.0. The second kappa shape index (κ2) is 7.73. The van der Waals surface area contributed by atoms with E-state index < -0.39 is 0 Å². The summed E-state index contributed by atoms with van der Waals surface area (Å²) in [6.07, 6.45) is 0.927. The SMILES string of the molecule is COc1ccccc1NCC(=O)NC[C@H]1COc2ccccc2C1. The number of carbonyl (C=O) groups is 1. The average Bonchev–Trinajstić information content (AvgIpc) is 2.64. The number of nitrogens with one attached hydrogen (secondary N) is 2. The monoisotopic (exact) mass is 326 g/mol. The minimum atomic E-state index is -0.0419. The number of anilines is 1. The lowest BCUT2D eigenvalue weighted by Crippen LogP contribution is -2.37. The number of rotatable bonds is 6. The zero-order valence-electron chi connectivity index (χ0n) is 13.7. The molecule has 5 heteroatoms. The van der Waals surface area contributed by atoms with E-state index in [-0.39, 0.29) is 12.5 Å².